The first-order chi connectivity index (χ1) is 26.1. The molecule has 6 aromatic carbocycles. The molecule has 2 nitrogen and oxygen atoms in total. The van der Waals surface area contributed by atoms with Crippen LogP contribution < -0.4 is 10.4 Å². The van der Waals surface area contributed by atoms with Gasteiger partial charge in [-0.3, -0.25) is 0 Å². The van der Waals surface area contributed by atoms with Crippen LogP contribution in [0, 0.1) is 0 Å². The first-order valence-electron chi connectivity index (χ1n) is 20.4. The molecule has 284 valence electrons. The molecule has 0 aliphatic rings. The third kappa shape index (κ3) is 8.84. The van der Waals surface area contributed by atoms with Crippen molar-refractivity contribution in [1.82, 2.24) is 4.57 Å². The van der Waals surface area contributed by atoms with Crippen molar-refractivity contribution in [3.05, 3.63) is 96.6 Å². The summed E-state index contributed by atoms with van der Waals surface area (Å²) in [5.74, 6) is 0. The molecule has 1 unspecified atom stereocenters. The van der Waals surface area contributed by atoms with Gasteiger partial charge in [-0.05, 0) is 51.6 Å². The van der Waals surface area contributed by atoms with E-state index in [-0.39, 0.29) is 5.60 Å². The number of aryl methyl sites for hydroxylation is 2. The number of halogens is 2. The summed E-state index contributed by atoms with van der Waals surface area (Å²) in [5.41, 5.74) is 4.18. The van der Waals surface area contributed by atoms with Crippen LogP contribution in [-0.4, -0.2) is 24.8 Å². The third-order valence-corrected chi connectivity index (χ3v) is 16.3. The molecule has 1 aromatic heterocycles. The van der Waals surface area contributed by atoms with Gasteiger partial charge >= 0.3 is 37.9 Å². The van der Waals surface area contributed by atoms with Crippen molar-refractivity contribution in [1.29, 1.82) is 0 Å². The second-order valence-corrected chi connectivity index (χ2v) is 24.5. The van der Waals surface area contributed by atoms with Crippen molar-refractivity contribution in [2.75, 3.05) is 6.61 Å². The number of para-hydroxylation sites is 1. The van der Waals surface area contributed by atoms with E-state index in [0.29, 0.717) is 0 Å². The zero-order valence-corrected chi connectivity index (χ0v) is 38.4. The summed E-state index contributed by atoms with van der Waals surface area (Å²) >= 11 is -0.826. The van der Waals surface area contributed by atoms with Crippen molar-refractivity contribution in [3.63, 3.8) is 0 Å². The van der Waals surface area contributed by atoms with Crippen LogP contribution in [0.5, 0.6) is 0 Å². The first kappa shape index (κ1) is 41.4. The SMILES string of the molecule is CCCCCCCCc1ccc2c3ccccc3[c-]([Si](C)(CCCCCCOC(C)(C)C)[c-]3c4ccccc4c4c3c3ccccc3n4C)c2c1.[Cl][Zr+2][Cl]. The maximum atomic E-state index is 6.10. The molecule has 0 saturated heterocycles. The third-order valence-electron chi connectivity index (χ3n) is 11.7. The Labute approximate surface area is 343 Å². The van der Waals surface area contributed by atoms with E-state index in [1.54, 1.807) is 10.4 Å². The minimum absolute atomic E-state index is 0.0675. The fourth-order valence-corrected chi connectivity index (χ4v) is 14.2. The molecule has 7 aromatic rings. The Morgan fingerprint density at radius 1 is 0.667 bits per heavy atom. The second kappa shape index (κ2) is 18.8. The average Bonchev–Trinajstić information content (AvgIpc) is 3.78. The van der Waals surface area contributed by atoms with Gasteiger partial charge in [0.05, 0.1) is 5.60 Å². The molecule has 0 fully saturated rings. The molecule has 7 rings (SSSR count). The van der Waals surface area contributed by atoms with Crippen LogP contribution in [-0.2, 0) is 39.1 Å². The number of hydrogen-bond donors (Lipinski definition) is 0. The molecule has 1 heterocycles. The molecule has 54 heavy (non-hydrogen) atoms. The fourth-order valence-electron chi connectivity index (χ4n) is 9.24. The predicted molar refractivity (Wildman–Crippen MR) is 239 cm³/mol. The predicted octanol–water partition coefficient (Wildman–Crippen LogP) is 14.1. The number of nitrogens with zero attached hydrogens (tertiary/aromatic N) is 1. The van der Waals surface area contributed by atoms with Gasteiger partial charge in [-0.2, -0.15) is 0 Å². The minimum atomic E-state index is -2.38. The van der Waals surface area contributed by atoms with E-state index in [1.165, 1.54) is 130 Å². The summed E-state index contributed by atoms with van der Waals surface area (Å²) in [6.45, 7) is 12.4. The van der Waals surface area contributed by atoms with Crippen molar-refractivity contribution in [2.45, 2.75) is 117 Å². The number of fused-ring (bicyclic) bond motifs is 8. The van der Waals surface area contributed by atoms with Crippen molar-refractivity contribution in [2.24, 2.45) is 7.05 Å². The Kier molecular flexibility index (Phi) is 14.4. The summed E-state index contributed by atoms with van der Waals surface area (Å²) in [4.78, 5) is 0. The Bertz CT molecular complexity index is 2290. The molecular formula is C48H59Cl2NOSiZr. The van der Waals surface area contributed by atoms with Crippen LogP contribution in [0.4, 0.5) is 0 Å². The maximum absolute atomic E-state index is 6.10. The van der Waals surface area contributed by atoms with Gasteiger partial charge in [0.25, 0.3) is 0 Å². The van der Waals surface area contributed by atoms with Gasteiger partial charge in [0.2, 0.25) is 0 Å². The van der Waals surface area contributed by atoms with E-state index in [1.807, 2.05) is 0 Å². The second-order valence-electron chi connectivity index (χ2n) is 16.6. The molecule has 0 spiro atoms. The van der Waals surface area contributed by atoms with E-state index in [9.17, 15) is 0 Å². The molecule has 1 atom stereocenters. The van der Waals surface area contributed by atoms with Gasteiger partial charge in [-0.25, -0.2) is 0 Å². The molecule has 0 amide bonds. The first-order valence-corrected chi connectivity index (χ1v) is 29.4. The zero-order chi connectivity index (χ0) is 38.3. The monoisotopic (exact) mass is 853 g/mol. The Morgan fingerprint density at radius 3 is 1.96 bits per heavy atom. The topological polar surface area (TPSA) is 14.2 Å². The zero-order valence-electron chi connectivity index (χ0n) is 33.5. The van der Waals surface area contributed by atoms with E-state index < -0.39 is 28.9 Å². The molecule has 0 N–H and O–H groups in total. The molecule has 6 heteroatoms. The van der Waals surface area contributed by atoms with E-state index in [2.05, 4.69) is 137 Å². The number of hydrogen-bond acceptors (Lipinski definition) is 1. The summed E-state index contributed by atoms with van der Waals surface area (Å²) < 4.78 is 8.57. The van der Waals surface area contributed by atoms with Crippen molar-refractivity contribution >= 4 is 89.6 Å². The van der Waals surface area contributed by atoms with Crippen LogP contribution in [0.25, 0.3) is 54.1 Å². The Hall–Kier alpha value is -2.20. The number of rotatable bonds is 16. The summed E-state index contributed by atoms with van der Waals surface area (Å²) in [6, 6.07) is 36.6. The van der Waals surface area contributed by atoms with Crippen molar-refractivity contribution < 1.29 is 25.6 Å². The molecule has 0 aliphatic heterocycles. The fraction of sp³-hybridized carbons (Fsp3) is 0.417. The number of unbranched alkanes of at least 4 members (excludes halogenated alkanes) is 8. The van der Waals surface area contributed by atoms with Crippen LogP contribution in [0.3, 0.4) is 0 Å². The van der Waals surface area contributed by atoms with Crippen LogP contribution >= 0.6 is 17.0 Å². The number of benzene rings is 4. The Morgan fingerprint density at radius 2 is 1.24 bits per heavy atom. The van der Waals surface area contributed by atoms with Gasteiger partial charge in [0.1, 0.15) is 0 Å². The van der Waals surface area contributed by atoms with Crippen molar-refractivity contribution in [3.8, 4) is 0 Å². The quantitative estimate of drug-likeness (QED) is 0.0537. The molecule has 0 aliphatic carbocycles. The molecule has 0 bridgehead atoms. The van der Waals surface area contributed by atoms with Crippen LogP contribution in [0.2, 0.25) is 12.6 Å². The number of aromatic nitrogens is 1. The van der Waals surface area contributed by atoms with E-state index >= 15 is 0 Å². The Balaban J connectivity index is 0.00000160. The molecule has 0 radical (unpaired) electrons. The van der Waals surface area contributed by atoms with Gasteiger partial charge in [0, 0.05) is 27.2 Å². The van der Waals surface area contributed by atoms with Gasteiger partial charge in [0.15, 0.2) is 0 Å². The standard InChI is InChI=1S/C48H59NOSi.2ClH.Zr/c1-7-8-9-10-11-14-23-35-30-31-37-36-24-15-17-26-39(36)46(42(37)34-35)51(6,33-22-13-12-21-32-50-48(2,3)4)47-40-27-18-16-25-38(40)45-44(47)41-28-19-20-29-43(41)49(45)5;;;/h15-20,24-31,34H,7-14,21-23,32-33H2,1-6H3;2*1H;/q-2;;;+4/p-2. The summed E-state index contributed by atoms with van der Waals surface area (Å²) in [5, 5.41) is 15.0. The molecular weight excluding hydrogens is 797 g/mol. The molecule has 0 saturated carbocycles. The van der Waals surface area contributed by atoms with Gasteiger partial charge < -0.3 is 9.30 Å². The van der Waals surface area contributed by atoms with E-state index in [0.717, 1.165) is 13.0 Å². The summed E-state index contributed by atoms with van der Waals surface area (Å²) in [6.07, 6.45) is 14.0. The van der Waals surface area contributed by atoms with E-state index in [4.69, 9.17) is 21.8 Å². The average molecular weight is 856 g/mol. The normalized spacial score (nSPS) is 13.2. The van der Waals surface area contributed by atoms with Gasteiger partial charge in [-0.15, -0.1) is 55.5 Å². The number of ether oxygens (including phenoxy) is 1. The van der Waals surface area contributed by atoms with Gasteiger partial charge in [-0.1, -0.05) is 159 Å². The van der Waals surface area contributed by atoms with Crippen LogP contribution in [0.1, 0.15) is 97.5 Å². The van der Waals surface area contributed by atoms with Crippen LogP contribution in [0.15, 0.2) is 91.0 Å². The summed E-state index contributed by atoms with van der Waals surface area (Å²) in [7, 11) is 9.77.